The number of hydrogen-bond acceptors (Lipinski definition) is 4. The smallest absolute Gasteiger partial charge is 0.349 e. The first-order chi connectivity index (χ1) is 7.45. The van der Waals surface area contributed by atoms with Gasteiger partial charge in [0, 0.05) is 0 Å². The molecule has 0 spiro atoms. The van der Waals surface area contributed by atoms with E-state index in [2.05, 4.69) is 4.98 Å². The number of ether oxygens (including phenoxy) is 2. The molecule has 0 aromatic carbocycles. The Labute approximate surface area is 93.4 Å². The number of carbonyl (C=O) groups excluding carboxylic acids is 1. The summed E-state index contributed by atoms with van der Waals surface area (Å²) in [4.78, 5) is 14.9. The van der Waals surface area contributed by atoms with Crippen LogP contribution in [0.4, 0.5) is 4.39 Å². The number of halogens is 1. The highest BCUT2D eigenvalue weighted by Gasteiger charge is 2.31. The fourth-order valence-corrected chi connectivity index (χ4v) is 1.06. The van der Waals surface area contributed by atoms with Crippen LogP contribution in [0.2, 0.25) is 0 Å². The Hall–Kier alpha value is -1.65. The van der Waals surface area contributed by atoms with Gasteiger partial charge in [0.15, 0.2) is 5.60 Å². The van der Waals surface area contributed by atoms with Gasteiger partial charge in [0.2, 0.25) is 5.95 Å². The minimum atomic E-state index is -1.12. The lowest BCUT2D eigenvalue weighted by Crippen LogP contribution is -2.39. The van der Waals surface area contributed by atoms with Gasteiger partial charge in [0.05, 0.1) is 12.8 Å². The molecule has 0 N–H and O–H groups in total. The topological polar surface area (TPSA) is 48.4 Å². The molecule has 0 atom stereocenters. The predicted molar refractivity (Wildman–Crippen MR) is 55.5 cm³/mol. The maximum absolute atomic E-state index is 12.5. The lowest BCUT2D eigenvalue weighted by Gasteiger charge is -2.23. The van der Waals surface area contributed by atoms with Gasteiger partial charge in [-0.05, 0) is 32.9 Å². The van der Waals surface area contributed by atoms with E-state index in [-0.39, 0.29) is 6.61 Å². The molecule has 5 heteroatoms. The molecule has 0 aliphatic rings. The Kier molecular flexibility index (Phi) is 3.82. The van der Waals surface area contributed by atoms with Crippen LogP contribution in [0.25, 0.3) is 0 Å². The summed E-state index contributed by atoms with van der Waals surface area (Å²) in [6.45, 7) is 5.16. The number of carbonyl (C=O) groups is 1. The minimum absolute atomic E-state index is 0.285. The number of esters is 1. The molecule has 0 radical (unpaired) electrons. The lowest BCUT2D eigenvalue weighted by atomic mass is 10.1. The van der Waals surface area contributed by atoms with Gasteiger partial charge in [-0.2, -0.15) is 4.39 Å². The summed E-state index contributed by atoms with van der Waals surface area (Å²) in [7, 11) is 0. The quantitative estimate of drug-likeness (QED) is 0.582. The third-order valence-electron chi connectivity index (χ3n) is 1.84. The average Bonchev–Trinajstić information content (AvgIpc) is 2.21. The van der Waals surface area contributed by atoms with Crippen molar-refractivity contribution < 1.29 is 18.7 Å². The summed E-state index contributed by atoms with van der Waals surface area (Å²) in [5.74, 6) is -0.750. The van der Waals surface area contributed by atoms with Crippen molar-refractivity contribution in [2.45, 2.75) is 26.4 Å². The molecule has 0 amide bonds. The number of pyridine rings is 1. The van der Waals surface area contributed by atoms with E-state index in [1.807, 2.05) is 0 Å². The lowest BCUT2D eigenvalue weighted by molar-refractivity contribution is -0.158. The van der Waals surface area contributed by atoms with E-state index in [1.54, 1.807) is 20.8 Å². The van der Waals surface area contributed by atoms with Gasteiger partial charge in [-0.1, -0.05) is 0 Å². The molecule has 0 saturated carbocycles. The first-order valence-electron chi connectivity index (χ1n) is 4.93. The van der Waals surface area contributed by atoms with Crippen molar-refractivity contribution in [2.24, 2.45) is 0 Å². The molecule has 0 bridgehead atoms. The van der Waals surface area contributed by atoms with E-state index in [1.165, 1.54) is 12.3 Å². The van der Waals surface area contributed by atoms with Crippen LogP contribution in [-0.4, -0.2) is 23.2 Å². The third-order valence-corrected chi connectivity index (χ3v) is 1.84. The zero-order valence-electron chi connectivity index (χ0n) is 9.49. The van der Waals surface area contributed by atoms with Gasteiger partial charge in [-0.15, -0.1) is 0 Å². The van der Waals surface area contributed by atoms with E-state index in [0.717, 1.165) is 6.07 Å². The Bertz CT molecular complexity index is 362. The van der Waals surface area contributed by atoms with Gasteiger partial charge < -0.3 is 9.47 Å². The molecular weight excluding hydrogens is 213 g/mol. The molecule has 0 fully saturated rings. The Morgan fingerprint density at radius 1 is 1.50 bits per heavy atom. The molecule has 0 saturated heterocycles. The van der Waals surface area contributed by atoms with Gasteiger partial charge in [0.25, 0.3) is 0 Å². The first-order valence-corrected chi connectivity index (χ1v) is 4.93. The second-order valence-electron chi connectivity index (χ2n) is 3.65. The molecule has 1 aromatic heterocycles. The van der Waals surface area contributed by atoms with Crippen molar-refractivity contribution in [1.29, 1.82) is 0 Å². The van der Waals surface area contributed by atoms with E-state index >= 15 is 0 Å². The van der Waals surface area contributed by atoms with E-state index < -0.39 is 17.5 Å². The zero-order valence-corrected chi connectivity index (χ0v) is 9.49. The second-order valence-corrected chi connectivity index (χ2v) is 3.65. The number of aromatic nitrogens is 1. The highest BCUT2D eigenvalue weighted by atomic mass is 19.1. The first kappa shape index (κ1) is 12.4. The Balaban J connectivity index is 2.72. The molecular formula is C11H14FNO3. The summed E-state index contributed by atoms with van der Waals surface area (Å²) in [6, 6.07) is 2.57. The maximum Gasteiger partial charge on any atom is 0.349 e. The van der Waals surface area contributed by atoms with Crippen LogP contribution < -0.4 is 4.74 Å². The van der Waals surface area contributed by atoms with Crippen LogP contribution in [0.15, 0.2) is 18.3 Å². The van der Waals surface area contributed by atoms with Crippen LogP contribution in [0, 0.1) is 5.95 Å². The Morgan fingerprint density at radius 2 is 2.19 bits per heavy atom. The molecule has 0 aliphatic carbocycles. The van der Waals surface area contributed by atoms with Crippen molar-refractivity contribution in [3.63, 3.8) is 0 Å². The highest BCUT2D eigenvalue weighted by molar-refractivity contribution is 5.79. The summed E-state index contributed by atoms with van der Waals surface area (Å²) in [6.07, 6.45) is 1.22. The fraction of sp³-hybridized carbons (Fsp3) is 0.455. The van der Waals surface area contributed by atoms with Crippen LogP contribution in [0.5, 0.6) is 5.75 Å². The summed E-state index contributed by atoms with van der Waals surface area (Å²) < 4.78 is 22.8. The molecule has 0 aliphatic heterocycles. The molecule has 16 heavy (non-hydrogen) atoms. The summed E-state index contributed by atoms with van der Waals surface area (Å²) in [5, 5.41) is 0. The zero-order chi connectivity index (χ0) is 12.2. The normalized spacial score (nSPS) is 11.0. The molecule has 88 valence electrons. The Morgan fingerprint density at radius 3 is 2.69 bits per heavy atom. The molecule has 1 aromatic rings. The van der Waals surface area contributed by atoms with Crippen LogP contribution in [-0.2, 0) is 9.53 Å². The monoisotopic (exact) mass is 227 g/mol. The van der Waals surface area contributed by atoms with Crippen molar-refractivity contribution in [3.05, 3.63) is 24.3 Å². The van der Waals surface area contributed by atoms with Crippen molar-refractivity contribution in [2.75, 3.05) is 6.61 Å². The standard InChI is InChI=1S/C11H14FNO3/c1-4-15-10(14)11(2,3)16-8-5-6-9(12)13-7-8/h5-7H,4H2,1-3H3. The van der Waals surface area contributed by atoms with E-state index in [0.29, 0.717) is 5.75 Å². The molecule has 4 nitrogen and oxygen atoms in total. The van der Waals surface area contributed by atoms with E-state index in [9.17, 15) is 9.18 Å². The second kappa shape index (κ2) is 4.92. The van der Waals surface area contributed by atoms with Crippen molar-refractivity contribution >= 4 is 5.97 Å². The molecule has 0 unspecified atom stereocenters. The van der Waals surface area contributed by atoms with Crippen molar-refractivity contribution in [1.82, 2.24) is 4.98 Å². The van der Waals surface area contributed by atoms with Crippen LogP contribution in [0.1, 0.15) is 20.8 Å². The number of hydrogen-bond donors (Lipinski definition) is 0. The summed E-state index contributed by atoms with van der Waals surface area (Å²) >= 11 is 0. The minimum Gasteiger partial charge on any atom is -0.475 e. The van der Waals surface area contributed by atoms with Crippen molar-refractivity contribution in [3.8, 4) is 5.75 Å². The fourth-order valence-electron chi connectivity index (χ4n) is 1.06. The third kappa shape index (κ3) is 3.18. The molecule has 1 rings (SSSR count). The largest absolute Gasteiger partial charge is 0.475 e. The van der Waals surface area contributed by atoms with Gasteiger partial charge >= 0.3 is 5.97 Å². The predicted octanol–water partition coefficient (Wildman–Crippen LogP) is 1.94. The average molecular weight is 227 g/mol. The van der Waals surface area contributed by atoms with E-state index in [4.69, 9.17) is 9.47 Å². The van der Waals surface area contributed by atoms with Crippen LogP contribution >= 0.6 is 0 Å². The van der Waals surface area contributed by atoms with Crippen LogP contribution in [0.3, 0.4) is 0 Å². The number of nitrogens with zero attached hydrogens (tertiary/aromatic N) is 1. The number of rotatable bonds is 4. The summed E-state index contributed by atoms with van der Waals surface area (Å²) in [5.41, 5.74) is -1.12. The van der Waals surface area contributed by atoms with Gasteiger partial charge in [-0.3, -0.25) is 0 Å². The van der Waals surface area contributed by atoms with Gasteiger partial charge in [-0.25, -0.2) is 9.78 Å². The van der Waals surface area contributed by atoms with Gasteiger partial charge in [0.1, 0.15) is 5.75 Å². The SMILES string of the molecule is CCOC(=O)C(C)(C)Oc1ccc(F)nc1. The molecule has 1 heterocycles. The highest BCUT2D eigenvalue weighted by Crippen LogP contribution is 2.18. The maximum atomic E-state index is 12.5.